The largest absolute Gasteiger partial charge is 0.517 e. The first-order valence-corrected chi connectivity index (χ1v) is 9.03. The number of amides is 1. The predicted octanol–water partition coefficient (Wildman–Crippen LogP) is 2.61. The van der Waals surface area contributed by atoms with E-state index in [4.69, 9.17) is 14.4 Å². The van der Waals surface area contributed by atoms with E-state index in [-0.39, 0.29) is 19.1 Å². The van der Waals surface area contributed by atoms with E-state index in [0.717, 1.165) is 5.56 Å². The van der Waals surface area contributed by atoms with Gasteiger partial charge in [0.25, 0.3) is 6.16 Å². The van der Waals surface area contributed by atoms with Gasteiger partial charge in [-0.3, -0.25) is 0 Å². The first-order valence-electron chi connectivity index (χ1n) is 7.63. The Balaban J connectivity index is 2.44. The quantitative estimate of drug-likeness (QED) is 0.521. The topological polar surface area (TPSA) is 102 Å². The van der Waals surface area contributed by atoms with Crippen LogP contribution in [0.2, 0.25) is 0 Å². The highest BCUT2D eigenvalue weighted by atomic mass is 31.1. The zero-order valence-electron chi connectivity index (χ0n) is 13.8. The third kappa shape index (κ3) is 9.22. The van der Waals surface area contributed by atoms with Crippen molar-refractivity contribution in [2.24, 2.45) is 5.92 Å². The molecule has 132 valence electrons. The first kappa shape index (κ1) is 20.1. The monoisotopic (exact) mass is 356 g/mol. The van der Waals surface area contributed by atoms with Gasteiger partial charge in [0.15, 0.2) is 0 Å². The van der Waals surface area contributed by atoms with Crippen molar-refractivity contribution < 1.29 is 28.5 Å². The molecular weight excluding hydrogens is 333 g/mol. The van der Waals surface area contributed by atoms with Crippen molar-refractivity contribution in [1.29, 1.82) is 0 Å². The second-order valence-electron chi connectivity index (χ2n) is 5.73. The van der Waals surface area contributed by atoms with E-state index in [1.807, 2.05) is 44.2 Å². The minimum Gasteiger partial charge on any atom is -0.460 e. The van der Waals surface area contributed by atoms with Gasteiger partial charge in [0, 0.05) is 0 Å². The molecule has 2 atom stereocenters. The number of alkyl carbamates (subject to hydrolysis) is 1. The Labute approximate surface area is 142 Å². The summed E-state index contributed by atoms with van der Waals surface area (Å²) in [5, 5.41) is 2.65. The molecule has 1 aromatic rings. The van der Waals surface area contributed by atoms with Gasteiger partial charge in [-0.25, -0.2) is 9.59 Å². The third-order valence-electron chi connectivity index (χ3n) is 3.00. The van der Waals surface area contributed by atoms with Crippen molar-refractivity contribution in [2.75, 3.05) is 12.8 Å². The van der Waals surface area contributed by atoms with Crippen LogP contribution in [0, 0.1) is 5.92 Å². The Hall–Kier alpha value is -1.98. The maximum absolute atomic E-state index is 11.9. The summed E-state index contributed by atoms with van der Waals surface area (Å²) in [7, 11) is -2.57. The van der Waals surface area contributed by atoms with Crippen molar-refractivity contribution in [3.8, 4) is 0 Å². The predicted molar refractivity (Wildman–Crippen MR) is 88.7 cm³/mol. The number of benzene rings is 1. The minimum atomic E-state index is -2.57. The molecule has 0 heterocycles. The molecule has 0 radical (unpaired) electrons. The number of ether oxygens (including phenoxy) is 2. The van der Waals surface area contributed by atoms with Crippen LogP contribution in [0.1, 0.15) is 25.8 Å². The van der Waals surface area contributed by atoms with Gasteiger partial charge in [-0.1, -0.05) is 44.2 Å². The van der Waals surface area contributed by atoms with Crippen molar-refractivity contribution >= 4 is 20.1 Å². The summed E-state index contributed by atoms with van der Waals surface area (Å²) in [4.78, 5) is 31.9. The highest BCUT2D eigenvalue weighted by Crippen LogP contribution is 2.13. The maximum atomic E-state index is 11.9. The molecule has 8 heteroatoms. The van der Waals surface area contributed by atoms with Gasteiger partial charge in [-0.2, -0.15) is 4.89 Å². The van der Waals surface area contributed by atoms with E-state index in [1.54, 1.807) is 0 Å². The minimum absolute atomic E-state index is 0.0688. The van der Waals surface area contributed by atoms with E-state index in [2.05, 4.69) is 5.32 Å². The number of carbonyl (C=O) groups is 2. The molecule has 1 amide bonds. The van der Waals surface area contributed by atoms with Crippen molar-refractivity contribution in [3.05, 3.63) is 35.9 Å². The molecule has 0 fully saturated rings. The Kier molecular flexibility index (Phi) is 8.97. The Morgan fingerprint density at radius 2 is 1.88 bits per heavy atom. The molecular formula is C16H23NO6P+. The molecule has 1 aromatic carbocycles. The van der Waals surface area contributed by atoms with E-state index >= 15 is 0 Å². The van der Waals surface area contributed by atoms with Gasteiger partial charge in [-0.15, -0.1) is 0 Å². The number of hydrogen-bond acceptors (Lipinski definition) is 5. The zero-order valence-corrected chi connectivity index (χ0v) is 14.7. The molecule has 7 nitrogen and oxygen atoms in total. The molecule has 2 unspecified atom stereocenters. The van der Waals surface area contributed by atoms with Crippen molar-refractivity contribution in [1.82, 2.24) is 5.32 Å². The molecule has 2 N–H and O–H groups in total. The standard InChI is InChI=1S/C16H22NO6P/c1-12(2)8-14(10-22-15(18)11-24(20)21)17-16(19)23-9-13-6-4-3-5-7-13/h3-7,12,14H,8-11H2,1-2H3,(H-,17,19,20,21)/p+1. The van der Waals surface area contributed by atoms with Gasteiger partial charge in [0.2, 0.25) is 0 Å². The lowest BCUT2D eigenvalue weighted by atomic mass is 10.0. The van der Waals surface area contributed by atoms with E-state index in [1.165, 1.54) is 0 Å². The van der Waals surface area contributed by atoms with Crippen LogP contribution in [-0.2, 0) is 25.4 Å². The number of nitrogens with one attached hydrogen (secondary N) is 1. The fraction of sp³-hybridized carbons (Fsp3) is 0.500. The number of esters is 1. The SMILES string of the molecule is CC(C)CC(COC(=O)C[P+](=O)O)NC(=O)OCc1ccccc1. The maximum Gasteiger partial charge on any atom is 0.517 e. The Morgan fingerprint density at radius 1 is 1.21 bits per heavy atom. The van der Waals surface area contributed by atoms with E-state index < -0.39 is 32.3 Å². The zero-order chi connectivity index (χ0) is 17.9. The summed E-state index contributed by atoms with van der Waals surface area (Å²) in [6.45, 7) is 4.01. The van der Waals surface area contributed by atoms with Crippen LogP contribution in [0.3, 0.4) is 0 Å². The number of carbonyl (C=O) groups excluding carboxylic acids is 2. The number of hydrogen-bond donors (Lipinski definition) is 2. The van der Waals surface area contributed by atoms with Crippen LogP contribution in [0.4, 0.5) is 4.79 Å². The normalized spacial score (nSPS) is 12.4. The molecule has 0 saturated carbocycles. The van der Waals surface area contributed by atoms with Crippen molar-refractivity contribution in [3.63, 3.8) is 0 Å². The van der Waals surface area contributed by atoms with Crippen LogP contribution in [-0.4, -0.2) is 35.8 Å². The van der Waals surface area contributed by atoms with Gasteiger partial charge in [0.1, 0.15) is 13.2 Å². The second-order valence-corrected chi connectivity index (χ2v) is 6.75. The molecule has 0 aliphatic heterocycles. The molecule has 1 rings (SSSR count). The molecule has 0 bridgehead atoms. The molecule has 0 saturated heterocycles. The summed E-state index contributed by atoms with van der Waals surface area (Å²) >= 11 is 0. The molecule has 0 aliphatic carbocycles. The lowest BCUT2D eigenvalue weighted by Gasteiger charge is -2.20. The Bertz CT molecular complexity index is 549. The van der Waals surface area contributed by atoms with Crippen LogP contribution in [0.5, 0.6) is 0 Å². The summed E-state index contributed by atoms with van der Waals surface area (Å²) in [6, 6.07) is 8.84. The molecule has 24 heavy (non-hydrogen) atoms. The summed E-state index contributed by atoms with van der Waals surface area (Å²) in [5.74, 6) is -0.510. The second kappa shape index (κ2) is 10.7. The van der Waals surface area contributed by atoms with Crippen LogP contribution >= 0.6 is 8.03 Å². The highest BCUT2D eigenvalue weighted by molar-refractivity contribution is 7.39. The molecule has 0 spiro atoms. The highest BCUT2D eigenvalue weighted by Gasteiger charge is 2.22. The third-order valence-corrected chi connectivity index (χ3v) is 3.53. The summed E-state index contributed by atoms with van der Waals surface area (Å²) < 4.78 is 20.6. The summed E-state index contributed by atoms with van der Waals surface area (Å²) in [6.07, 6.45) is -0.574. The smallest absolute Gasteiger partial charge is 0.460 e. The molecule has 0 aliphatic rings. The van der Waals surface area contributed by atoms with Crippen LogP contribution in [0.25, 0.3) is 0 Å². The van der Waals surface area contributed by atoms with E-state index in [9.17, 15) is 14.2 Å². The van der Waals surface area contributed by atoms with Crippen molar-refractivity contribution in [2.45, 2.75) is 32.9 Å². The Morgan fingerprint density at radius 3 is 2.46 bits per heavy atom. The van der Waals surface area contributed by atoms with Gasteiger partial charge in [-0.05, 0) is 22.5 Å². The molecule has 0 aromatic heterocycles. The van der Waals surface area contributed by atoms with E-state index in [0.29, 0.717) is 6.42 Å². The first-order chi connectivity index (χ1) is 11.4. The van der Waals surface area contributed by atoms with Gasteiger partial charge < -0.3 is 14.8 Å². The number of rotatable bonds is 9. The van der Waals surface area contributed by atoms with Crippen LogP contribution < -0.4 is 5.32 Å². The van der Waals surface area contributed by atoms with Gasteiger partial charge in [0.05, 0.1) is 6.04 Å². The average Bonchev–Trinajstić information content (AvgIpc) is 2.50. The van der Waals surface area contributed by atoms with Crippen LogP contribution in [0.15, 0.2) is 30.3 Å². The average molecular weight is 356 g/mol. The summed E-state index contributed by atoms with van der Waals surface area (Å²) in [5.41, 5.74) is 0.867. The fourth-order valence-electron chi connectivity index (χ4n) is 2.02. The van der Waals surface area contributed by atoms with Gasteiger partial charge >= 0.3 is 20.1 Å². The lowest BCUT2D eigenvalue weighted by molar-refractivity contribution is -0.141. The fourth-order valence-corrected chi connectivity index (χ4v) is 2.33. The lowest BCUT2D eigenvalue weighted by Crippen LogP contribution is -2.40.